The summed E-state index contributed by atoms with van der Waals surface area (Å²) in [7, 11) is 0. The lowest BCUT2D eigenvalue weighted by Gasteiger charge is -2.43. The van der Waals surface area contributed by atoms with E-state index in [1.54, 1.807) is 0 Å². The molecule has 2 fully saturated rings. The predicted octanol–water partition coefficient (Wildman–Crippen LogP) is 3.72. The summed E-state index contributed by atoms with van der Waals surface area (Å²) < 4.78 is 0. The van der Waals surface area contributed by atoms with Gasteiger partial charge >= 0.3 is 0 Å². The van der Waals surface area contributed by atoms with Crippen LogP contribution in [0.2, 0.25) is 10.0 Å². The summed E-state index contributed by atoms with van der Waals surface area (Å²) in [4.78, 5) is 2.38. The Balaban J connectivity index is 1.85. The van der Waals surface area contributed by atoms with Gasteiger partial charge in [0.05, 0.1) is 15.7 Å². The highest BCUT2D eigenvalue weighted by Gasteiger charge is 2.38. The molecule has 0 bridgehead atoms. The van der Waals surface area contributed by atoms with Crippen LogP contribution in [0, 0.1) is 0 Å². The van der Waals surface area contributed by atoms with Gasteiger partial charge in [-0.2, -0.15) is 0 Å². The molecule has 1 aromatic rings. The van der Waals surface area contributed by atoms with Gasteiger partial charge in [-0.1, -0.05) is 42.1 Å². The lowest BCUT2D eigenvalue weighted by Crippen LogP contribution is -2.59. The Hall–Kier alpha value is -0.440. The Morgan fingerprint density at radius 3 is 2.72 bits per heavy atom. The zero-order valence-electron chi connectivity index (χ0n) is 10.4. The van der Waals surface area contributed by atoms with E-state index in [2.05, 4.69) is 16.3 Å². The van der Waals surface area contributed by atoms with E-state index in [1.807, 2.05) is 12.1 Å². The molecule has 2 aliphatic rings. The zero-order valence-corrected chi connectivity index (χ0v) is 11.9. The third-order valence-electron chi connectivity index (χ3n) is 4.21. The molecular weight excluding hydrogens is 267 g/mol. The largest absolute Gasteiger partial charge is 0.367 e. The molecule has 2 nitrogen and oxygen atoms in total. The predicted molar refractivity (Wildman–Crippen MR) is 77.9 cm³/mol. The molecule has 98 valence electrons. The van der Waals surface area contributed by atoms with Crippen molar-refractivity contribution < 1.29 is 0 Å². The molecule has 1 saturated heterocycles. The van der Waals surface area contributed by atoms with E-state index in [9.17, 15) is 0 Å². The van der Waals surface area contributed by atoms with E-state index in [1.165, 1.54) is 25.7 Å². The summed E-state index contributed by atoms with van der Waals surface area (Å²) in [6, 6.07) is 5.90. The van der Waals surface area contributed by atoms with Crippen molar-refractivity contribution in [1.29, 1.82) is 0 Å². The fraction of sp³-hybridized carbons (Fsp3) is 0.571. The Kier molecular flexibility index (Phi) is 3.44. The van der Waals surface area contributed by atoms with Crippen LogP contribution in [0.15, 0.2) is 18.2 Å². The molecule has 1 saturated carbocycles. The first-order valence-corrected chi connectivity index (χ1v) is 7.40. The van der Waals surface area contributed by atoms with E-state index in [0.717, 1.165) is 25.3 Å². The molecule has 1 N–H and O–H groups in total. The van der Waals surface area contributed by atoms with Crippen LogP contribution in [-0.4, -0.2) is 25.2 Å². The molecule has 18 heavy (non-hydrogen) atoms. The van der Waals surface area contributed by atoms with Crippen LogP contribution >= 0.6 is 23.2 Å². The average Bonchev–Trinajstić information content (AvgIpc) is 2.81. The topological polar surface area (TPSA) is 15.3 Å². The lowest BCUT2D eigenvalue weighted by molar-refractivity contribution is 0.304. The van der Waals surface area contributed by atoms with Crippen LogP contribution in [0.4, 0.5) is 5.69 Å². The molecule has 0 amide bonds. The van der Waals surface area contributed by atoms with E-state index in [4.69, 9.17) is 23.2 Å². The van der Waals surface area contributed by atoms with Crippen LogP contribution in [-0.2, 0) is 0 Å². The normalized spacial score (nSPS) is 22.7. The van der Waals surface area contributed by atoms with E-state index in [0.29, 0.717) is 15.6 Å². The molecule has 1 aliphatic carbocycles. The Morgan fingerprint density at radius 1 is 1.17 bits per heavy atom. The van der Waals surface area contributed by atoms with Crippen molar-refractivity contribution in [3.63, 3.8) is 0 Å². The molecule has 0 aromatic heterocycles. The highest BCUT2D eigenvalue weighted by atomic mass is 35.5. The smallest absolute Gasteiger partial charge is 0.0825 e. The Morgan fingerprint density at radius 2 is 1.94 bits per heavy atom. The molecule has 0 unspecified atom stereocenters. The third-order valence-corrected chi connectivity index (χ3v) is 5.02. The van der Waals surface area contributed by atoms with Gasteiger partial charge in [-0.3, -0.25) is 0 Å². The number of rotatable bonds is 1. The second kappa shape index (κ2) is 4.92. The highest BCUT2D eigenvalue weighted by Crippen LogP contribution is 2.37. The zero-order chi connectivity index (χ0) is 12.6. The molecule has 0 atom stereocenters. The van der Waals surface area contributed by atoms with E-state index >= 15 is 0 Å². The van der Waals surface area contributed by atoms with Crippen LogP contribution in [0.1, 0.15) is 25.7 Å². The van der Waals surface area contributed by atoms with Crippen molar-refractivity contribution in [3.05, 3.63) is 28.2 Å². The molecule has 0 radical (unpaired) electrons. The van der Waals surface area contributed by atoms with E-state index < -0.39 is 0 Å². The molecule has 1 aliphatic heterocycles. The van der Waals surface area contributed by atoms with Gasteiger partial charge in [0.2, 0.25) is 0 Å². The molecule has 1 heterocycles. The van der Waals surface area contributed by atoms with Crippen molar-refractivity contribution in [2.45, 2.75) is 31.2 Å². The fourth-order valence-electron chi connectivity index (χ4n) is 3.29. The number of nitrogens with zero attached hydrogens (tertiary/aromatic N) is 1. The summed E-state index contributed by atoms with van der Waals surface area (Å²) in [6.45, 7) is 3.08. The minimum Gasteiger partial charge on any atom is -0.367 e. The van der Waals surface area contributed by atoms with Gasteiger partial charge in [0.25, 0.3) is 0 Å². The van der Waals surface area contributed by atoms with Crippen LogP contribution < -0.4 is 10.2 Å². The van der Waals surface area contributed by atoms with Crippen LogP contribution in [0.25, 0.3) is 0 Å². The maximum Gasteiger partial charge on any atom is 0.0825 e. The second-order valence-electron chi connectivity index (χ2n) is 5.41. The van der Waals surface area contributed by atoms with Gasteiger partial charge in [0.15, 0.2) is 0 Å². The summed E-state index contributed by atoms with van der Waals surface area (Å²) in [6.07, 6.45) is 5.23. The van der Waals surface area contributed by atoms with Crippen LogP contribution in [0.5, 0.6) is 0 Å². The Bertz CT molecular complexity index is 441. The number of hydrogen-bond donors (Lipinski definition) is 1. The van der Waals surface area contributed by atoms with Crippen molar-refractivity contribution in [3.8, 4) is 0 Å². The Labute approximate surface area is 118 Å². The van der Waals surface area contributed by atoms with Crippen molar-refractivity contribution in [1.82, 2.24) is 5.32 Å². The van der Waals surface area contributed by atoms with Gasteiger partial charge in [-0.15, -0.1) is 0 Å². The minimum atomic E-state index is 0.309. The van der Waals surface area contributed by atoms with Crippen LogP contribution in [0.3, 0.4) is 0 Å². The minimum absolute atomic E-state index is 0.309. The van der Waals surface area contributed by atoms with E-state index in [-0.39, 0.29) is 0 Å². The first-order valence-electron chi connectivity index (χ1n) is 6.64. The number of halogens is 2. The SMILES string of the molecule is Clc1cccc(N2CCNC3(CCCC3)C2)c1Cl. The quantitative estimate of drug-likeness (QED) is 0.846. The molecular formula is C14H18Cl2N2. The number of anilines is 1. The summed E-state index contributed by atoms with van der Waals surface area (Å²) >= 11 is 12.4. The molecule has 1 aromatic carbocycles. The molecule has 1 spiro atoms. The summed E-state index contributed by atoms with van der Waals surface area (Å²) in [5, 5.41) is 5.05. The summed E-state index contributed by atoms with van der Waals surface area (Å²) in [5.41, 5.74) is 1.39. The van der Waals surface area contributed by atoms with Gasteiger partial charge in [-0.25, -0.2) is 0 Å². The van der Waals surface area contributed by atoms with Crippen molar-refractivity contribution >= 4 is 28.9 Å². The maximum atomic E-state index is 6.33. The average molecular weight is 285 g/mol. The summed E-state index contributed by atoms with van der Waals surface area (Å²) in [5.74, 6) is 0. The van der Waals surface area contributed by atoms with Gasteiger partial charge in [0, 0.05) is 25.2 Å². The first kappa shape index (κ1) is 12.6. The monoisotopic (exact) mass is 284 g/mol. The third kappa shape index (κ3) is 2.22. The van der Waals surface area contributed by atoms with Gasteiger partial charge < -0.3 is 10.2 Å². The highest BCUT2D eigenvalue weighted by molar-refractivity contribution is 6.43. The lowest BCUT2D eigenvalue weighted by atomic mass is 9.94. The number of piperazine rings is 1. The standard InChI is InChI=1S/C14H18Cl2N2/c15-11-4-3-5-12(13(11)16)18-9-8-17-14(10-18)6-1-2-7-14/h3-5,17H,1-2,6-10H2. The number of nitrogens with one attached hydrogen (secondary N) is 1. The molecule has 4 heteroatoms. The first-order chi connectivity index (χ1) is 8.70. The fourth-order valence-corrected chi connectivity index (χ4v) is 3.70. The van der Waals surface area contributed by atoms with Crippen molar-refractivity contribution in [2.24, 2.45) is 0 Å². The van der Waals surface area contributed by atoms with Crippen molar-refractivity contribution in [2.75, 3.05) is 24.5 Å². The molecule has 3 rings (SSSR count). The maximum absolute atomic E-state index is 6.33. The second-order valence-corrected chi connectivity index (χ2v) is 6.19. The number of hydrogen-bond acceptors (Lipinski definition) is 2. The van der Waals surface area contributed by atoms with Gasteiger partial charge in [-0.05, 0) is 25.0 Å². The number of benzene rings is 1. The van der Waals surface area contributed by atoms with Gasteiger partial charge in [0.1, 0.15) is 0 Å².